The van der Waals surface area contributed by atoms with E-state index in [-0.39, 0.29) is 18.0 Å². The van der Waals surface area contributed by atoms with Gasteiger partial charge < -0.3 is 20.1 Å². The molecule has 1 aliphatic heterocycles. The van der Waals surface area contributed by atoms with Gasteiger partial charge in [0.2, 0.25) is 0 Å². The first-order valence-corrected chi connectivity index (χ1v) is 7.37. The lowest BCUT2D eigenvalue weighted by molar-refractivity contribution is -0.141. The van der Waals surface area contributed by atoms with Crippen molar-refractivity contribution in [1.82, 2.24) is 10.2 Å². The van der Waals surface area contributed by atoms with Crippen molar-refractivity contribution in [3.63, 3.8) is 0 Å². The molecule has 0 bridgehead atoms. The molecule has 114 valence electrons. The fourth-order valence-corrected chi connectivity index (χ4v) is 3.14. The van der Waals surface area contributed by atoms with Gasteiger partial charge in [-0.05, 0) is 38.0 Å². The molecule has 1 saturated heterocycles. The Balaban J connectivity index is 1.72. The van der Waals surface area contributed by atoms with Crippen LogP contribution in [0, 0.1) is 11.8 Å². The Labute approximate surface area is 119 Å². The summed E-state index contributed by atoms with van der Waals surface area (Å²) in [6.45, 7) is 2.28. The van der Waals surface area contributed by atoms with Gasteiger partial charge in [0.05, 0.1) is 5.92 Å². The highest BCUT2D eigenvalue weighted by atomic mass is 16.5. The Morgan fingerprint density at radius 3 is 2.50 bits per heavy atom. The summed E-state index contributed by atoms with van der Waals surface area (Å²) in [7, 11) is 1.71. The van der Waals surface area contributed by atoms with Crippen LogP contribution in [-0.4, -0.2) is 54.9 Å². The molecule has 0 aromatic carbocycles. The molecule has 1 saturated carbocycles. The number of piperidine rings is 1. The second kappa shape index (κ2) is 6.92. The van der Waals surface area contributed by atoms with E-state index in [2.05, 4.69) is 5.32 Å². The van der Waals surface area contributed by atoms with E-state index in [4.69, 9.17) is 9.84 Å². The number of amides is 2. The highest BCUT2D eigenvalue weighted by Gasteiger charge is 2.32. The smallest absolute Gasteiger partial charge is 0.317 e. The van der Waals surface area contributed by atoms with E-state index in [0.29, 0.717) is 18.8 Å². The van der Waals surface area contributed by atoms with Gasteiger partial charge in [0.15, 0.2) is 0 Å². The van der Waals surface area contributed by atoms with Gasteiger partial charge >= 0.3 is 12.0 Å². The number of carbonyl (C=O) groups is 2. The maximum atomic E-state index is 12.1. The van der Waals surface area contributed by atoms with Crippen molar-refractivity contribution in [2.45, 2.75) is 38.1 Å². The van der Waals surface area contributed by atoms with E-state index in [0.717, 1.165) is 39.0 Å². The molecule has 1 heterocycles. The van der Waals surface area contributed by atoms with Crippen LogP contribution in [-0.2, 0) is 9.53 Å². The normalized spacial score (nSPS) is 27.6. The van der Waals surface area contributed by atoms with Gasteiger partial charge in [0.1, 0.15) is 0 Å². The standard InChI is InChI=1S/C14H24N2O4/c1-20-9-10-4-6-16(7-5-10)14(19)15-12-3-2-11(8-12)13(17)18/h10-12H,2-9H2,1H3,(H,15,19)(H,17,18). The minimum absolute atomic E-state index is 0.0142. The zero-order valence-electron chi connectivity index (χ0n) is 12.0. The predicted octanol–water partition coefficient (Wildman–Crippen LogP) is 1.31. The highest BCUT2D eigenvalue weighted by molar-refractivity contribution is 5.75. The summed E-state index contributed by atoms with van der Waals surface area (Å²) in [6.07, 6.45) is 3.94. The molecule has 2 amide bonds. The third-order valence-electron chi connectivity index (χ3n) is 4.41. The fraction of sp³-hybridized carbons (Fsp3) is 0.857. The van der Waals surface area contributed by atoms with Crippen LogP contribution >= 0.6 is 0 Å². The van der Waals surface area contributed by atoms with Crippen molar-refractivity contribution >= 4 is 12.0 Å². The molecule has 6 nitrogen and oxygen atoms in total. The van der Waals surface area contributed by atoms with Crippen LogP contribution in [0.15, 0.2) is 0 Å². The number of carboxylic acid groups (broad SMARTS) is 1. The molecule has 0 aromatic rings. The van der Waals surface area contributed by atoms with E-state index in [1.165, 1.54) is 0 Å². The number of carboxylic acids is 1. The summed E-state index contributed by atoms with van der Waals surface area (Å²) < 4.78 is 5.14. The summed E-state index contributed by atoms with van der Waals surface area (Å²) in [5.41, 5.74) is 0. The number of nitrogens with one attached hydrogen (secondary N) is 1. The van der Waals surface area contributed by atoms with Gasteiger partial charge in [-0.15, -0.1) is 0 Å². The molecule has 2 N–H and O–H groups in total. The monoisotopic (exact) mass is 284 g/mol. The van der Waals surface area contributed by atoms with Gasteiger partial charge in [-0.1, -0.05) is 0 Å². The van der Waals surface area contributed by atoms with E-state index in [9.17, 15) is 9.59 Å². The Morgan fingerprint density at radius 2 is 1.95 bits per heavy atom. The van der Waals surface area contributed by atoms with E-state index < -0.39 is 5.97 Å². The molecule has 6 heteroatoms. The first kappa shape index (κ1) is 15.1. The summed E-state index contributed by atoms with van der Waals surface area (Å²) >= 11 is 0. The summed E-state index contributed by atoms with van der Waals surface area (Å²) in [5.74, 6) is -0.498. The largest absolute Gasteiger partial charge is 0.481 e. The molecule has 2 fully saturated rings. The van der Waals surface area contributed by atoms with Crippen molar-refractivity contribution in [3.05, 3.63) is 0 Å². The lowest BCUT2D eigenvalue weighted by Gasteiger charge is -2.32. The van der Waals surface area contributed by atoms with Gasteiger partial charge in [-0.2, -0.15) is 0 Å². The second-order valence-corrected chi connectivity index (χ2v) is 5.88. The van der Waals surface area contributed by atoms with Crippen LogP contribution in [0.2, 0.25) is 0 Å². The van der Waals surface area contributed by atoms with Crippen molar-refractivity contribution in [1.29, 1.82) is 0 Å². The van der Waals surface area contributed by atoms with E-state index >= 15 is 0 Å². The molecule has 2 atom stereocenters. The quantitative estimate of drug-likeness (QED) is 0.816. The number of rotatable bonds is 4. The van der Waals surface area contributed by atoms with Gasteiger partial charge in [0, 0.05) is 32.8 Å². The van der Waals surface area contributed by atoms with Crippen LogP contribution in [0.25, 0.3) is 0 Å². The number of likely N-dealkylation sites (tertiary alicyclic amines) is 1. The molecule has 20 heavy (non-hydrogen) atoms. The van der Waals surface area contributed by atoms with Crippen molar-refractivity contribution in [3.8, 4) is 0 Å². The summed E-state index contributed by atoms with van der Waals surface area (Å²) in [5, 5.41) is 11.9. The lowest BCUT2D eigenvalue weighted by atomic mass is 9.98. The Hall–Kier alpha value is -1.30. The van der Waals surface area contributed by atoms with Crippen molar-refractivity contribution in [2.24, 2.45) is 11.8 Å². The Bertz CT molecular complexity index is 353. The van der Waals surface area contributed by atoms with Gasteiger partial charge in [0.25, 0.3) is 0 Å². The Kier molecular flexibility index (Phi) is 5.23. The van der Waals surface area contributed by atoms with Gasteiger partial charge in [-0.3, -0.25) is 4.79 Å². The topological polar surface area (TPSA) is 78.9 Å². The van der Waals surface area contributed by atoms with Crippen LogP contribution in [0.4, 0.5) is 4.79 Å². The molecule has 2 unspecified atom stereocenters. The zero-order valence-corrected chi connectivity index (χ0v) is 12.0. The zero-order chi connectivity index (χ0) is 14.5. The molecule has 0 radical (unpaired) electrons. The van der Waals surface area contributed by atoms with E-state index in [1.54, 1.807) is 7.11 Å². The van der Waals surface area contributed by atoms with Crippen LogP contribution in [0.3, 0.4) is 0 Å². The number of hydrogen-bond donors (Lipinski definition) is 2. The molecule has 2 aliphatic rings. The van der Waals surface area contributed by atoms with Crippen LogP contribution in [0.1, 0.15) is 32.1 Å². The summed E-state index contributed by atoms with van der Waals surface area (Å²) in [4.78, 5) is 24.9. The first-order chi connectivity index (χ1) is 9.60. The summed E-state index contributed by atoms with van der Waals surface area (Å²) in [6, 6.07) is -0.0304. The maximum absolute atomic E-state index is 12.1. The SMILES string of the molecule is COCC1CCN(C(=O)NC2CCC(C(=O)O)C2)CC1. The predicted molar refractivity (Wildman–Crippen MR) is 73.5 cm³/mol. The molecular formula is C14H24N2O4. The first-order valence-electron chi connectivity index (χ1n) is 7.37. The number of aliphatic carboxylic acids is 1. The van der Waals surface area contributed by atoms with Crippen molar-refractivity contribution < 1.29 is 19.4 Å². The van der Waals surface area contributed by atoms with Crippen molar-refractivity contribution in [2.75, 3.05) is 26.8 Å². The van der Waals surface area contributed by atoms with Crippen LogP contribution in [0.5, 0.6) is 0 Å². The molecule has 2 rings (SSSR count). The van der Waals surface area contributed by atoms with E-state index in [1.807, 2.05) is 4.90 Å². The number of carbonyl (C=O) groups excluding carboxylic acids is 1. The third kappa shape index (κ3) is 3.85. The fourth-order valence-electron chi connectivity index (χ4n) is 3.14. The minimum atomic E-state index is -0.748. The number of methoxy groups -OCH3 is 1. The number of nitrogens with zero attached hydrogens (tertiary/aromatic N) is 1. The third-order valence-corrected chi connectivity index (χ3v) is 4.41. The lowest BCUT2D eigenvalue weighted by Crippen LogP contribution is -2.47. The van der Waals surface area contributed by atoms with Crippen LogP contribution < -0.4 is 5.32 Å². The number of hydrogen-bond acceptors (Lipinski definition) is 3. The second-order valence-electron chi connectivity index (χ2n) is 5.88. The maximum Gasteiger partial charge on any atom is 0.317 e. The molecule has 0 spiro atoms. The average molecular weight is 284 g/mol. The average Bonchev–Trinajstić information content (AvgIpc) is 2.88. The Morgan fingerprint density at radius 1 is 1.25 bits per heavy atom. The number of urea groups is 1. The molecule has 0 aromatic heterocycles. The highest BCUT2D eigenvalue weighted by Crippen LogP contribution is 2.26. The molecular weight excluding hydrogens is 260 g/mol. The number of ether oxygens (including phenoxy) is 1. The van der Waals surface area contributed by atoms with Gasteiger partial charge in [-0.25, -0.2) is 4.79 Å². The molecule has 1 aliphatic carbocycles. The minimum Gasteiger partial charge on any atom is -0.481 e.